The highest BCUT2D eigenvalue weighted by atomic mass is 19.1. The highest BCUT2D eigenvalue weighted by Gasteiger charge is 2.53. The summed E-state index contributed by atoms with van der Waals surface area (Å²) < 4.78 is 25.9. The van der Waals surface area contributed by atoms with Crippen molar-refractivity contribution < 1.29 is 23.5 Å². The zero-order chi connectivity index (χ0) is 22.4. The van der Waals surface area contributed by atoms with Crippen molar-refractivity contribution in [1.29, 1.82) is 0 Å². The number of ether oxygens (including phenoxy) is 2. The van der Waals surface area contributed by atoms with Crippen molar-refractivity contribution >= 4 is 17.5 Å². The first-order valence-electron chi connectivity index (χ1n) is 11.1. The van der Waals surface area contributed by atoms with E-state index in [-0.39, 0.29) is 23.9 Å². The van der Waals surface area contributed by atoms with Gasteiger partial charge >= 0.3 is 0 Å². The first-order chi connectivity index (χ1) is 15.5. The van der Waals surface area contributed by atoms with Crippen LogP contribution in [0, 0.1) is 12.8 Å². The molecular weight excluding hydrogens is 411 g/mol. The summed E-state index contributed by atoms with van der Waals surface area (Å²) in [5.41, 5.74) is 1.77. The Morgan fingerprint density at radius 3 is 2.78 bits per heavy atom. The molecule has 6 nitrogen and oxygen atoms in total. The fourth-order valence-electron chi connectivity index (χ4n) is 4.97. The second-order valence-corrected chi connectivity index (χ2v) is 8.50. The number of benzene rings is 1. The van der Waals surface area contributed by atoms with Crippen molar-refractivity contribution in [3.8, 4) is 5.75 Å². The third-order valence-corrected chi connectivity index (χ3v) is 6.39. The third-order valence-electron chi connectivity index (χ3n) is 6.39. The van der Waals surface area contributed by atoms with Gasteiger partial charge in [0.1, 0.15) is 23.8 Å². The molecule has 0 N–H and O–H groups in total. The van der Waals surface area contributed by atoms with E-state index in [0.717, 1.165) is 11.3 Å². The summed E-state index contributed by atoms with van der Waals surface area (Å²) in [4.78, 5) is 33.3. The van der Waals surface area contributed by atoms with E-state index < -0.39 is 24.2 Å². The van der Waals surface area contributed by atoms with Crippen LogP contribution in [0.3, 0.4) is 0 Å². The normalized spacial score (nSPS) is 27.2. The van der Waals surface area contributed by atoms with Crippen molar-refractivity contribution in [2.45, 2.75) is 51.4 Å². The fraction of sp³-hybridized carbons (Fsp3) is 0.400. The van der Waals surface area contributed by atoms with E-state index in [9.17, 15) is 14.0 Å². The highest BCUT2D eigenvalue weighted by molar-refractivity contribution is 6.17. The van der Waals surface area contributed by atoms with Gasteiger partial charge in [-0.3, -0.25) is 14.5 Å². The largest absolute Gasteiger partial charge is 0.494 e. The molecule has 1 aliphatic carbocycles. The number of pyridine rings is 1. The third kappa shape index (κ3) is 3.36. The summed E-state index contributed by atoms with van der Waals surface area (Å²) in [5.74, 6) is -0.00360. The SMILES string of the molecule is CCOc1cccc(C2C3=C(OC4CCC(F)CC4C3=O)C(=O)N2c2cccc(C)n2)c1. The molecule has 4 unspecified atom stereocenters. The molecule has 5 rings (SSSR count). The molecule has 1 aromatic heterocycles. The van der Waals surface area contributed by atoms with Gasteiger partial charge in [-0.05, 0) is 62.9 Å². The first kappa shape index (κ1) is 20.7. The zero-order valence-corrected chi connectivity index (χ0v) is 18.1. The number of Topliss-reactive ketones (excluding diaryl/α,β-unsaturated/α-hetero) is 1. The lowest BCUT2D eigenvalue weighted by Gasteiger charge is -2.36. The number of ketones is 1. The number of fused-ring (bicyclic) bond motifs is 1. The molecule has 1 amide bonds. The number of halogens is 1. The number of hydrogen-bond acceptors (Lipinski definition) is 5. The standard InChI is InChI=1S/C25H25FN2O4/c1-3-31-17-8-5-7-15(12-17)22-21-23(29)18-13-16(26)10-11-19(18)32-24(21)25(30)28(22)20-9-4-6-14(2)27-20/h4-9,12,16,18-19,22H,3,10-11,13H2,1-2H3. The number of alkyl halides is 1. The van der Waals surface area contributed by atoms with Gasteiger partial charge in [0.05, 0.1) is 24.1 Å². The Morgan fingerprint density at radius 2 is 2.00 bits per heavy atom. The number of aromatic nitrogens is 1. The first-order valence-corrected chi connectivity index (χ1v) is 11.1. The summed E-state index contributed by atoms with van der Waals surface area (Å²) in [7, 11) is 0. The molecular formula is C25H25FN2O4. The number of aryl methyl sites for hydroxylation is 1. The van der Waals surface area contributed by atoms with Crippen molar-refractivity contribution in [1.82, 2.24) is 4.98 Å². The molecule has 3 heterocycles. The zero-order valence-electron chi connectivity index (χ0n) is 18.1. The summed E-state index contributed by atoms with van der Waals surface area (Å²) in [6, 6.07) is 12.1. The van der Waals surface area contributed by atoms with E-state index in [2.05, 4.69) is 4.98 Å². The highest BCUT2D eigenvalue weighted by Crippen LogP contribution is 2.48. The van der Waals surface area contributed by atoms with Crippen molar-refractivity contribution in [3.63, 3.8) is 0 Å². The summed E-state index contributed by atoms with van der Waals surface area (Å²) >= 11 is 0. The van der Waals surface area contributed by atoms with Gasteiger partial charge in [-0.2, -0.15) is 0 Å². The number of carbonyl (C=O) groups excluding carboxylic acids is 2. The van der Waals surface area contributed by atoms with E-state index in [0.29, 0.717) is 36.6 Å². The maximum atomic E-state index is 14.2. The van der Waals surface area contributed by atoms with Gasteiger partial charge < -0.3 is 9.47 Å². The van der Waals surface area contributed by atoms with E-state index >= 15 is 0 Å². The van der Waals surface area contributed by atoms with Crippen molar-refractivity contribution in [2.24, 2.45) is 5.92 Å². The quantitative estimate of drug-likeness (QED) is 0.717. The van der Waals surface area contributed by atoms with Gasteiger partial charge in [-0.15, -0.1) is 0 Å². The lowest BCUT2D eigenvalue weighted by atomic mass is 9.77. The molecule has 3 aliphatic rings. The minimum absolute atomic E-state index is 0.0728. The van der Waals surface area contributed by atoms with Crippen LogP contribution in [-0.2, 0) is 14.3 Å². The molecule has 0 radical (unpaired) electrons. The molecule has 0 bridgehead atoms. The lowest BCUT2D eigenvalue weighted by molar-refractivity contribution is -0.133. The minimum atomic E-state index is -1.03. The number of carbonyl (C=O) groups is 2. The van der Waals surface area contributed by atoms with Gasteiger partial charge in [-0.25, -0.2) is 9.37 Å². The second kappa shape index (κ2) is 8.04. The van der Waals surface area contributed by atoms with E-state index in [1.165, 1.54) is 4.90 Å². The summed E-state index contributed by atoms with van der Waals surface area (Å²) in [6.45, 7) is 4.23. The predicted molar refractivity (Wildman–Crippen MR) is 116 cm³/mol. The maximum Gasteiger partial charge on any atom is 0.295 e. The van der Waals surface area contributed by atoms with Crippen molar-refractivity contribution in [3.05, 3.63) is 65.1 Å². The van der Waals surface area contributed by atoms with Gasteiger partial charge in [0, 0.05) is 5.69 Å². The van der Waals surface area contributed by atoms with Crippen LogP contribution in [0.25, 0.3) is 0 Å². The topological polar surface area (TPSA) is 68.7 Å². The Labute approximate surface area is 186 Å². The van der Waals surface area contributed by atoms with E-state index in [4.69, 9.17) is 9.47 Å². The molecule has 0 saturated heterocycles. The van der Waals surface area contributed by atoms with Crippen LogP contribution in [0.2, 0.25) is 0 Å². The van der Waals surface area contributed by atoms with Crippen LogP contribution in [0.1, 0.15) is 43.5 Å². The Kier molecular flexibility index (Phi) is 5.19. The molecule has 1 saturated carbocycles. The predicted octanol–water partition coefficient (Wildman–Crippen LogP) is 4.24. The molecule has 2 aliphatic heterocycles. The molecule has 4 atom stereocenters. The fourth-order valence-corrected chi connectivity index (χ4v) is 4.97. The maximum absolute atomic E-state index is 14.2. The lowest BCUT2D eigenvalue weighted by Crippen LogP contribution is -2.42. The number of hydrogen-bond donors (Lipinski definition) is 0. The van der Waals surface area contributed by atoms with Crippen LogP contribution in [0.4, 0.5) is 10.2 Å². The molecule has 166 valence electrons. The number of rotatable bonds is 4. The average molecular weight is 436 g/mol. The molecule has 32 heavy (non-hydrogen) atoms. The number of amides is 1. The molecule has 7 heteroatoms. The van der Waals surface area contributed by atoms with Gasteiger partial charge in [0.25, 0.3) is 5.91 Å². The van der Waals surface area contributed by atoms with Crippen LogP contribution in [-0.4, -0.2) is 35.6 Å². The smallest absolute Gasteiger partial charge is 0.295 e. The van der Waals surface area contributed by atoms with Gasteiger partial charge in [0.15, 0.2) is 11.5 Å². The average Bonchev–Trinajstić information content (AvgIpc) is 3.07. The molecule has 1 fully saturated rings. The monoisotopic (exact) mass is 436 g/mol. The molecule has 1 aromatic carbocycles. The molecule has 2 aromatic rings. The van der Waals surface area contributed by atoms with Crippen LogP contribution in [0.15, 0.2) is 53.8 Å². The minimum Gasteiger partial charge on any atom is -0.494 e. The van der Waals surface area contributed by atoms with E-state index in [1.54, 1.807) is 6.07 Å². The van der Waals surface area contributed by atoms with Gasteiger partial charge in [0.2, 0.25) is 0 Å². The van der Waals surface area contributed by atoms with Crippen LogP contribution >= 0.6 is 0 Å². The Morgan fingerprint density at radius 1 is 1.19 bits per heavy atom. The van der Waals surface area contributed by atoms with Crippen LogP contribution < -0.4 is 9.64 Å². The Bertz CT molecular complexity index is 1110. The Hall–Kier alpha value is -3.22. The number of anilines is 1. The summed E-state index contributed by atoms with van der Waals surface area (Å²) in [5, 5.41) is 0. The van der Waals surface area contributed by atoms with Crippen molar-refractivity contribution in [2.75, 3.05) is 11.5 Å². The number of nitrogens with zero attached hydrogens (tertiary/aromatic N) is 2. The molecule has 0 spiro atoms. The second-order valence-electron chi connectivity index (χ2n) is 8.50. The van der Waals surface area contributed by atoms with Crippen LogP contribution in [0.5, 0.6) is 5.75 Å². The van der Waals surface area contributed by atoms with E-state index in [1.807, 2.05) is 50.2 Å². The summed E-state index contributed by atoms with van der Waals surface area (Å²) in [6.07, 6.45) is -0.596. The Balaban J connectivity index is 1.65. The van der Waals surface area contributed by atoms with Gasteiger partial charge in [-0.1, -0.05) is 18.2 Å².